The molecule has 0 aromatic heterocycles. The molecule has 0 saturated carbocycles. The molecule has 24 heavy (non-hydrogen) atoms. The van der Waals surface area contributed by atoms with E-state index in [1.54, 1.807) is 6.08 Å². The van der Waals surface area contributed by atoms with Gasteiger partial charge in [-0.05, 0) is 62.3 Å². The van der Waals surface area contributed by atoms with Gasteiger partial charge in [0.15, 0.2) is 0 Å². The van der Waals surface area contributed by atoms with E-state index in [-0.39, 0.29) is 17.4 Å². The quantitative estimate of drug-likeness (QED) is 0.865. The molecule has 1 aliphatic rings. The lowest BCUT2D eigenvalue weighted by Crippen LogP contribution is -2.27. The van der Waals surface area contributed by atoms with Crippen molar-refractivity contribution in [2.75, 3.05) is 18.5 Å². The van der Waals surface area contributed by atoms with Gasteiger partial charge in [-0.3, -0.25) is 9.59 Å². The van der Waals surface area contributed by atoms with E-state index >= 15 is 0 Å². The maximum absolute atomic E-state index is 11.9. The second kappa shape index (κ2) is 7.25. The first-order valence-corrected chi connectivity index (χ1v) is 7.94. The van der Waals surface area contributed by atoms with Gasteiger partial charge in [0.25, 0.3) is 0 Å². The first-order chi connectivity index (χ1) is 11.3. The van der Waals surface area contributed by atoms with Crippen LogP contribution >= 0.6 is 0 Å². The molecule has 0 unspecified atom stereocenters. The molecule has 0 fully saturated rings. The highest BCUT2D eigenvalue weighted by Crippen LogP contribution is 2.26. The predicted molar refractivity (Wildman–Crippen MR) is 97.9 cm³/mol. The normalized spacial score (nSPS) is 15.9. The molecule has 1 aliphatic carbocycles. The Balaban J connectivity index is 2.38. The number of ketones is 1. The topological polar surface area (TPSA) is 61.8 Å². The summed E-state index contributed by atoms with van der Waals surface area (Å²) in [5.41, 5.74) is 4.76. The summed E-state index contributed by atoms with van der Waals surface area (Å²) < 4.78 is 0. The Morgan fingerprint density at radius 3 is 2.54 bits per heavy atom. The zero-order chi connectivity index (χ0) is 17.9. The van der Waals surface area contributed by atoms with Crippen molar-refractivity contribution in [3.63, 3.8) is 0 Å². The van der Waals surface area contributed by atoms with Gasteiger partial charge in [0.05, 0.1) is 17.1 Å². The maximum Gasteiger partial charge on any atom is 0.221 e. The van der Waals surface area contributed by atoms with E-state index in [0.29, 0.717) is 5.71 Å². The van der Waals surface area contributed by atoms with Crippen molar-refractivity contribution in [1.29, 1.82) is 0 Å². The standard InChI is InChI=1S/C19H23N3O2/c1-6-22(5)15-7-8-16(12(2)9-15)21-17-11-18(20-14(4)23)19(24)10-13(17)3/h7-11H,6H2,1-5H3,(H,20,23). The zero-order valence-corrected chi connectivity index (χ0v) is 14.8. The first kappa shape index (κ1) is 17.7. The number of amides is 1. The van der Waals surface area contributed by atoms with Gasteiger partial charge in [-0.1, -0.05) is 0 Å². The molecule has 126 valence electrons. The number of rotatable bonds is 4. The number of aliphatic imine (C=N–C) groups is 1. The molecule has 0 bridgehead atoms. The van der Waals surface area contributed by atoms with E-state index in [1.807, 2.05) is 33.0 Å². The summed E-state index contributed by atoms with van der Waals surface area (Å²) >= 11 is 0. The molecule has 1 amide bonds. The molecule has 1 aromatic rings. The van der Waals surface area contributed by atoms with Crippen molar-refractivity contribution < 1.29 is 9.59 Å². The minimum absolute atomic E-state index is 0.210. The van der Waals surface area contributed by atoms with E-state index in [9.17, 15) is 9.59 Å². The van der Waals surface area contributed by atoms with Gasteiger partial charge in [-0.25, -0.2) is 4.99 Å². The molecule has 0 saturated heterocycles. The van der Waals surface area contributed by atoms with Gasteiger partial charge in [0.2, 0.25) is 11.7 Å². The monoisotopic (exact) mass is 325 g/mol. The summed E-state index contributed by atoms with van der Waals surface area (Å²) in [5.74, 6) is -0.483. The Kier molecular flexibility index (Phi) is 5.34. The van der Waals surface area contributed by atoms with Crippen LogP contribution in [0.2, 0.25) is 0 Å². The number of anilines is 1. The number of hydrogen-bond donors (Lipinski definition) is 1. The minimum Gasteiger partial charge on any atom is -0.375 e. The van der Waals surface area contributed by atoms with Gasteiger partial charge in [0.1, 0.15) is 0 Å². The van der Waals surface area contributed by atoms with Crippen molar-refractivity contribution in [3.05, 3.63) is 47.2 Å². The highest BCUT2D eigenvalue weighted by Gasteiger charge is 2.17. The molecule has 2 rings (SSSR count). The molecule has 0 radical (unpaired) electrons. The number of nitrogens with one attached hydrogen (secondary N) is 1. The van der Waals surface area contributed by atoms with Crippen LogP contribution < -0.4 is 10.2 Å². The molecule has 0 aliphatic heterocycles. The Labute approximate surface area is 142 Å². The van der Waals surface area contributed by atoms with Crippen LogP contribution in [-0.2, 0) is 9.59 Å². The van der Waals surface area contributed by atoms with Gasteiger partial charge < -0.3 is 10.2 Å². The number of benzene rings is 1. The van der Waals surface area contributed by atoms with Crippen LogP contribution in [0.15, 0.2) is 46.6 Å². The second-order valence-corrected chi connectivity index (χ2v) is 5.91. The summed E-state index contributed by atoms with van der Waals surface area (Å²) in [4.78, 5) is 30.0. The van der Waals surface area contributed by atoms with Crippen LogP contribution in [0.4, 0.5) is 11.4 Å². The largest absolute Gasteiger partial charge is 0.375 e. The predicted octanol–water partition coefficient (Wildman–Crippen LogP) is 3.07. The number of carbonyl (C=O) groups is 2. The van der Waals surface area contributed by atoms with Gasteiger partial charge in [-0.15, -0.1) is 0 Å². The fourth-order valence-electron chi connectivity index (χ4n) is 2.39. The van der Waals surface area contributed by atoms with Gasteiger partial charge >= 0.3 is 0 Å². The molecule has 5 nitrogen and oxygen atoms in total. The van der Waals surface area contributed by atoms with Crippen LogP contribution in [0.3, 0.4) is 0 Å². The van der Waals surface area contributed by atoms with Crippen molar-refractivity contribution >= 4 is 28.8 Å². The molecule has 0 atom stereocenters. The SMILES string of the molecule is CCN(C)c1ccc(N=C2C=C(NC(C)=O)C(=O)C=C2C)c(C)c1. The Bertz CT molecular complexity index is 773. The second-order valence-electron chi connectivity index (χ2n) is 5.91. The molecular formula is C19H23N3O2. The number of carbonyl (C=O) groups excluding carboxylic acids is 2. The van der Waals surface area contributed by atoms with Crippen LogP contribution in [0.1, 0.15) is 26.3 Å². The fraction of sp³-hybridized carbons (Fsp3) is 0.316. The fourth-order valence-corrected chi connectivity index (χ4v) is 2.39. The van der Waals surface area contributed by atoms with E-state index in [1.165, 1.54) is 13.0 Å². The number of allylic oxidation sites excluding steroid dienone is 3. The lowest BCUT2D eigenvalue weighted by atomic mass is 10.0. The lowest BCUT2D eigenvalue weighted by Gasteiger charge is -2.18. The van der Waals surface area contributed by atoms with E-state index in [4.69, 9.17) is 0 Å². The van der Waals surface area contributed by atoms with E-state index < -0.39 is 0 Å². The van der Waals surface area contributed by atoms with Gasteiger partial charge in [0, 0.05) is 26.2 Å². The van der Waals surface area contributed by atoms with Crippen molar-refractivity contribution in [2.45, 2.75) is 27.7 Å². The van der Waals surface area contributed by atoms with E-state index in [0.717, 1.165) is 29.1 Å². The third-order valence-corrected chi connectivity index (χ3v) is 3.95. The number of hydrogen-bond acceptors (Lipinski definition) is 4. The van der Waals surface area contributed by atoms with Crippen molar-refractivity contribution in [3.8, 4) is 0 Å². The molecule has 0 heterocycles. The van der Waals surface area contributed by atoms with Gasteiger partial charge in [-0.2, -0.15) is 0 Å². The zero-order valence-electron chi connectivity index (χ0n) is 14.8. The third kappa shape index (κ3) is 3.98. The Morgan fingerprint density at radius 2 is 1.96 bits per heavy atom. The van der Waals surface area contributed by atoms with Crippen LogP contribution in [0, 0.1) is 6.92 Å². The summed E-state index contributed by atoms with van der Waals surface area (Å²) in [6.07, 6.45) is 3.13. The van der Waals surface area contributed by atoms with E-state index in [2.05, 4.69) is 28.2 Å². The number of aryl methyl sites for hydroxylation is 1. The molecule has 1 N–H and O–H groups in total. The summed E-state index contributed by atoms with van der Waals surface area (Å²) in [6, 6.07) is 6.09. The van der Waals surface area contributed by atoms with Crippen LogP contribution in [-0.4, -0.2) is 31.0 Å². The van der Waals surface area contributed by atoms with Crippen molar-refractivity contribution in [2.24, 2.45) is 4.99 Å². The highest BCUT2D eigenvalue weighted by molar-refractivity contribution is 6.22. The average molecular weight is 325 g/mol. The summed E-state index contributed by atoms with van der Waals surface area (Å²) in [6.45, 7) is 8.26. The number of nitrogens with zero attached hydrogens (tertiary/aromatic N) is 2. The Hall–Kier alpha value is -2.69. The summed E-state index contributed by atoms with van der Waals surface area (Å²) in [7, 11) is 2.04. The van der Waals surface area contributed by atoms with Crippen molar-refractivity contribution in [1.82, 2.24) is 5.32 Å². The smallest absolute Gasteiger partial charge is 0.221 e. The maximum atomic E-state index is 11.9. The molecule has 0 spiro atoms. The molecular weight excluding hydrogens is 302 g/mol. The minimum atomic E-state index is -0.273. The average Bonchev–Trinajstić information content (AvgIpc) is 2.52. The molecule has 1 aromatic carbocycles. The molecule has 5 heteroatoms. The highest BCUT2D eigenvalue weighted by atomic mass is 16.2. The van der Waals surface area contributed by atoms with Crippen LogP contribution in [0.25, 0.3) is 0 Å². The van der Waals surface area contributed by atoms with Crippen LogP contribution in [0.5, 0.6) is 0 Å². The summed E-state index contributed by atoms with van der Waals surface area (Å²) in [5, 5.41) is 2.55. The first-order valence-electron chi connectivity index (χ1n) is 7.94. The lowest BCUT2D eigenvalue weighted by molar-refractivity contribution is -0.120. The Morgan fingerprint density at radius 1 is 1.25 bits per heavy atom. The third-order valence-electron chi connectivity index (χ3n) is 3.95.